The molecule has 2 rings (SSSR count). The topological polar surface area (TPSA) is 27.1 Å². The minimum absolute atomic E-state index is 0.658. The summed E-state index contributed by atoms with van der Waals surface area (Å²) in [4.78, 5) is 0. The predicted octanol–water partition coefficient (Wildman–Crippen LogP) is 0.746. The predicted molar refractivity (Wildman–Crippen MR) is 33.1 cm³/mol. The second kappa shape index (κ2) is 1.62. The van der Waals surface area contributed by atoms with Crippen LogP contribution in [0.3, 0.4) is 0 Å². The normalized spacial score (nSPS) is 14.7. The lowest BCUT2D eigenvalue weighted by atomic mass is 10.6. The van der Waals surface area contributed by atoms with Crippen molar-refractivity contribution in [3.8, 4) is 5.88 Å². The number of fused-ring (bicyclic) bond motifs is 1. The maximum absolute atomic E-state index is 5.18. The summed E-state index contributed by atoms with van der Waals surface area (Å²) < 4.78 is 6.88. The fourth-order valence-corrected chi connectivity index (χ4v) is 0.805. The van der Waals surface area contributed by atoms with Gasteiger partial charge in [0.25, 0.3) is 0 Å². The second-order valence-electron chi connectivity index (χ2n) is 1.81. The van der Waals surface area contributed by atoms with Crippen LogP contribution in [-0.2, 0) is 0 Å². The van der Waals surface area contributed by atoms with E-state index in [1.807, 2.05) is 18.3 Å². The largest absolute Gasteiger partial charge is 0.473 e. The van der Waals surface area contributed by atoms with Gasteiger partial charge in [0.2, 0.25) is 5.88 Å². The number of nitrogens with zero attached hydrogens (tertiary/aromatic N) is 2. The van der Waals surface area contributed by atoms with E-state index in [0.717, 1.165) is 5.88 Å². The van der Waals surface area contributed by atoms with Crippen molar-refractivity contribution in [2.45, 2.75) is 0 Å². The Bertz CT molecular complexity index is 239. The summed E-state index contributed by atoms with van der Waals surface area (Å²) in [6.07, 6.45) is 5.52. The van der Waals surface area contributed by atoms with Gasteiger partial charge < -0.3 is 4.74 Å². The zero-order chi connectivity index (χ0) is 6.10. The highest BCUT2D eigenvalue weighted by molar-refractivity contribution is 5.30. The molecule has 3 nitrogen and oxygen atoms in total. The van der Waals surface area contributed by atoms with E-state index in [1.54, 1.807) is 10.9 Å². The highest BCUT2D eigenvalue weighted by atomic mass is 16.5. The van der Waals surface area contributed by atoms with Crippen molar-refractivity contribution < 1.29 is 4.74 Å². The number of aromatic nitrogens is 2. The molecule has 3 heteroatoms. The number of hydrogen-bond acceptors (Lipinski definition) is 2. The third kappa shape index (κ3) is 0.614. The molecular formula is C6H6N2O. The van der Waals surface area contributed by atoms with Crippen molar-refractivity contribution in [2.24, 2.45) is 0 Å². The Morgan fingerprint density at radius 1 is 1.67 bits per heavy atom. The van der Waals surface area contributed by atoms with Crippen LogP contribution in [0.1, 0.15) is 0 Å². The Balaban J connectivity index is 2.53. The van der Waals surface area contributed by atoms with Crippen LogP contribution in [0.4, 0.5) is 0 Å². The maximum atomic E-state index is 5.18. The van der Waals surface area contributed by atoms with Gasteiger partial charge in [-0.25, -0.2) is 4.68 Å². The highest BCUT2D eigenvalue weighted by Crippen LogP contribution is 2.12. The molecule has 0 fully saturated rings. The quantitative estimate of drug-likeness (QED) is 0.507. The minimum Gasteiger partial charge on any atom is -0.473 e. The summed E-state index contributed by atoms with van der Waals surface area (Å²) in [6.45, 7) is 0.658. The average Bonchev–Trinajstić information content (AvgIpc) is 2.33. The number of ether oxygens (including phenoxy) is 1. The van der Waals surface area contributed by atoms with Crippen molar-refractivity contribution >= 4 is 6.20 Å². The van der Waals surface area contributed by atoms with Crippen molar-refractivity contribution in [2.75, 3.05) is 6.61 Å². The van der Waals surface area contributed by atoms with Crippen LogP contribution in [-0.4, -0.2) is 16.4 Å². The van der Waals surface area contributed by atoms with Gasteiger partial charge in [0, 0.05) is 12.3 Å². The zero-order valence-electron chi connectivity index (χ0n) is 4.82. The molecule has 0 aromatic carbocycles. The van der Waals surface area contributed by atoms with E-state index < -0.39 is 0 Å². The summed E-state index contributed by atoms with van der Waals surface area (Å²) in [5.74, 6) is 0.817. The first-order valence-corrected chi connectivity index (χ1v) is 2.80. The standard InChI is InChI=1S/C6H6N2O/c1-4-8-6(9-5-1)2-3-7-8/h1-4H,5H2. The molecule has 0 saturated heterocycles. The van der Waals surface area contributed by atoms with Crippen LogP contribution in [0.5, 0.6) is 5.88 Å². The smallest absolute Gasteiger partial charge is 0.216 e. The molecular weight excluding hydrogens is 116 g/mol. The molecule has 1 aromatic heterocycles. The molecule has 0 atom stereocenters. The molecule has 9 heavy (non-hydrogen) atoms. The van der Waals surface area contributed by atoms with E-state index in [9.17, 15) is 0 Å². The lowest BCUT2D eigenvalue weighted by molar-refractivity contribution is 0.331. The van der Waals surface area contributed by atoms with Crippen molar-refractivity contribution in [3.05, 3.63) is 18.3 Å². The molecule has 0 amide bonds. The molecule has 2 heterocycles. The second-order valence-corrected chi connectivity index (χ2v) is 1.81. The molecule has 0 unspecified atom stereocenters. The van der Waals surface area contributed by atoms with E-state index in [1.165, 1.54) is 0 Å². The summed E-state index contributed by atoms with van der Waals surface area (Å²) in [6, 6.07) is 1.84. The van der Waals surface area contributed by atoms with Gasteiger partial charge in [0.1, 0.15) is 6.61 Å². The van der Waals surface area contributed by atoms with Gasteiger partial charge in [-0.15, -0.1) is 0 Å². The van der Waals surface area contributed by atoms with E-state index in [2.05, 4.69) is 5.10 Å². The van der Waals surface area contributed by atoms with Crippen molar-refractivity contribution in [3.63, 3.8) is 0 Å². The minimum atomic E-state index is 0.658. The highest BCUT2D eigenvalue weighted by Gasteiger charge is 2.01. The third-order valence-corrected chi connectivity index (χ3v) is 1.21. The maximum Gasteiger partial charge on any atom is 0.216 e. The van der Waals surface area contributed by atoms with Gasteiger partial charge in [0.15, 0.2) is 0 Å². The van der Waals surface area contributed by atoms with Crippen LogP contribution < -0.4 is 4.74 Å². The molecule has 0 radical (unpaired) electrons. The van der Waals surface area contributed by atoms with E-state index in [4.69, 9.17) is 4.74 Å². The van der Waals surface area contributed by atoms with E-state index in [-0.39, 0.29) is 0 Å². The van der Waals surface area contributed by atoms with Gasteiger partial charge in [-0.3, -0.25) is 0 Å². The SMILES string of the molecule is C1=Cn2nccc2OC1. The van der Waals surface area contributed by atoms with Crippen molar-refractivity contribution in [1.29, 1.82) is 0 Å². The number of hydrogen-bond donors (Lipinski definition) is 0. The molecule has 0 saturated carbocycles. The van der Waals surface area contributed by atoms with Gasteiger partial charge in [-0.05, 0) is 6.08 Å². The first kappa shape index (κ1) is 4.61. The molecule has 0 spiro atoms. The van der Waals surface area contributed by atoms with Gasteiger partial charge in [-0.2, -0.15) is 5.10 Å². The van der Waals surface area contributed by atoms with Crippen LogP contribution in [0.2, 0.25) is 0 Å². The molecule has 1 aliphatic rings. The number of rotatable bonds is 0. The summed E-state index contributed by atoms with van der Waals surface area (Å²) >= 11 is 0. The van der Waals surface area contributed by atoms with Crippen LogP contribution in [0, 0.1) is 0 Å². The molecule has 1 aliphatic heterocycles. The molecule has 46 valence electrons. The molecule has 0 bridgehead atoms. The summed E-state index contributed by atoms with van der Waals surface area (Å²) in [5, 5.41) is 3.96. The fraction of sp³-hybridized carbons (Fsp3) is 0.167. The van der Waals surface area contributed by atoms with Gasteiger partial charge in [-0.1, -0.05) is 0 Å². The van der Waals surface area contributed by atoms with Crippen molar-refractivity contribution in [1.82, 2.24) is 9.78 Å². The Morgan fingerprint density at radius 2 is 2.67 bits per heavy atom. The van der Waals surface area contributed by atoms with E-state index >= 15 is 0 Å². The van der Waals surface area contributed by atoms with Gasteiger partial charge >= 0.3 is 0 Å². The first-order valence-electron chi connectivity index (χ1n) is 2.80. The lowest BCUT2D eigenvalue weighted by Crippen LogP contribution is -2.04. The summed E-state index contributed by atoms with van der Waals surface area (Å²) in [7, 11) is 0. The fourth-order valence-electron chi connectivity index (χ4n) is 0.805. The lowest BCUT2D eigenvalue weighted by Gasteiger charge is -2.07. The average molecular weight is 122 g/mol. The van der Waals surface area contributed by atoms with Crippen LogP contribution in [0.25, 0.3) is 6.20 Å². The molecule has 1 aromatic rings. The third-order valence-electron chi connectivity index (χ3n) is 1.21. The molecule has 0 aliphatic carbocycles. The Hall–Kier alpha value is -1.25. The summed E-state index contributed by atoms with van der Waals surface area (Å²) in [5.41, 5.74) is 0. The zero-order valence-corrected chi connectivity index (χ0v) is 4.82. The van der Waals surface area contributed by atoms with Crippen LogP contribution in [0.15, 0.2) is 18.3 Å². The molecule has 0 N–H and O–H groups in total. The monoisotopic (exact) mass is 122 g/mol. The Kier molecular flexibility index (Phi) is 0.828. The Morgan fingerprint density at radius 3 is 3.56 bits per heavy atom. The first-order chi connectivity index (χ1) is 4.47. The Labute approximate surface area is 52.6 Å². The van der Waals surface area contributed by atoms with E-state index in [0.29, 0.717) is 6.61 Å². The van der Waals surface area contributed by atoms with Crippen LogP contribution >= 0.6 is 0 Å². The van der Waals surface area contributed by atoms with Gasteiger partial charge in [0.05, 0.1) is 6.20 Å².